The van der Waals surface area contributed by atoms with Crippen LogP contribution >= 0.6 is 0 Å². The third-order valence-electron chi connectivity index (χ3n) is 4.35. The summed E-state index contributed by atoms with van der Waals surface area (Å²) in [6.07, 6.45) is 2.44. The van der Waals surface area contributed by atoms with E-state index in [0.29, 0.717) is 5.95 Å². The van der Waals surface area contributed by atoms with Crippen LogP contribution in [-0.4, -0.2) is 34.5 Å². The molecule has 5 nitrogen and oxygen atoms in total. The summed E-state index contributed by atoms with van der Waals surface area (Å²) in [7, 11) is 0. The molecular formula is C18H25N5. The molecule has 1 saturated heterocycles. The molecule has 0 spiro atoms. The summed E-state index contributed by atoms with van der Waals surface area (Å²) in [5.41, 5.74) is 7.98. The molecule has 122 valence electrons. The van der Waals surface area contributed by atoms with Crippen LogP contribution in [-0.2, 0) is 6.54 Å². The van der Waals surface area contributed by atoms with E-state index in [-0.39, 0.29) is 0 Å². The maximum Gasteiger partial charge on any atom is 0.222 e. The summed E-state index contributed by atoms with van der Waals surface area (Å²) in [6, 6.07) is 12.6. The average molecular weight is 311 g/mol. The number of aryl methyl sites for hydroxylation is 1. The molecule has 0 aliphatic carbocycles. The van der Waals surface area contributed by atoms with Crippen molar-refractivity contribution in [2.45, 2.75) is 26.3 Å². The van der Waals surface area contributed by atoms with Crippen LogP contribution in [0.25, 0.3) is 0 Å². The van der Waals surface area contributed by atoms with E-state index in [1.165, 1.54) is 25.1 Å². The minimum atomic E-state index is 0.336. The lowest BCUT2D eigenvalue weighted by Crippen LogP contribution is -2.20. The van der Waals surface area contributed by atoms with Gasteiger partial charge in [0.2, 0.25) is 5.95 Å². The zero-order valence-corrected chi connectivity index (χ0v) is 13.7. The highest BCUT2D eigenvalue weighted by atomic mass is 15.1. The van der Waals surface area contributed by atoms with Gasteiger partial charge < -0.3 is 11.1 Å². The number of nitrogens with one attached hydrogen (secondary N) is 1. The van der Waals surface area contributed by atoms with E-state index in [9.17, 15) is 0 Å². The van der Waals surface area contributed by atoms with Gasteiger partial charge in [-0.15, -0.1) is 0 Å². The monoisotopic (exact) mass is 311 g/mol. The third kappa shape index (κ3) is 4.66. The van der Waals surface area contributed by atoms with Crippen LogP contribution in [0.4, 0.5) is 11.8 Å². The lowest BCUT2D eigenvalue weighted by Gasteiger charge is -2.16. The Morgan fingerprint density at radius 3 is 2.87 bits per heavy atom. The van der Waals surface area contributed by atoms with Crippen molar-refractivity contribution in [1.82, 2.24) is 14.9 Å². The van der Waals surface area contributed by atoms with Crippen molar-refractivity contribution in [2.75, 3.05) is 30.7 Å². The number of aromatic nitrogens is 2. The molecule has 0 amide bonds. The SMILES string of the molecule is Cc1cc(NCC[C@H]2CCN(Cc3ccccc3)C2)nc(N)n1. The van der Waals surface area contributed by atoms with E-state index in [4.69, 9.17) is 5.73 Å². The van der Waals surface area contributed by atoms with Gasteiger partial charge in [-0.05, 0) is 37.8 Å². The van der Waals surface area contributed by atoms with Crippen LogP contribution in [0.2, 0.25) is 0 Å². The van der Waals surface area contributed by atoms with Crippen molar-refractivity contribution in [2.24, 2.45) is 5.92 Å². The molecule has 23 heavy (non-hydrogen) atoms. The predicted octanol–water partition coefficient (Wildman–Crippen LogP) is 2.69. The number of likely N-dealkylation sites (tertiary alicyclic amines) is 1. The number of anilines is 2. The molecule has 0 bridgehead atoms. The number of rotatable bonds is 6. The van der Waals surface area contributed by atoms with Gasteiger partial charge in [0, 0.05) is 31.4 Å². The second-order valence-corrected chi connectivity index (χ2v) is 6.34. The number of hydrogen-bond donors (Lipinski definition) is 2. The molecule has 3 rings (SSSR count). The van der Waals surface area contributed by atoms with Gasteiger partial charge in [-0.3, -0.25) is 4.90 Å². The lowest BCUT2D eigenvalue weighted by molar-refractivity contribution is 0.314. The molecule has 0 saturated carbocycles. The molecule has 2 heterocycles. The maximum absolute atomic E-state index is 5.68. The Hall–Kier alpha value is -2.14. The molecule has 1 aromatic carbocycles. The van der Waals surface area contributed by atoms with Crippen molar-refractivity contribution >= 4 is 11.8 Å². The molecular weight excluding hydrogens is 286 g/mol. The summed E-state index contributed by atoms with van der Waals surface area (Å²) in [6.45, 7) is 6.30. The standard InChI is InChI=1S/C18H25N5/c1-14-11-17(22-18(19)21-14)20-9-7-16-8-10-23(13-16)12-15-5-3-2-4-6-15/h2-6,11,16H,7-10,12-13H2,1H3,(H3,19,20,21,22)/t16-/m0/s1. The fourth-order valence-corrected chi connectivity index (χ4v) is 3.22. The second-order valence-electron chi connectivity index (χ2n) is 6.34. The molecule has 1 aliphatic rings. The first-order chi connectivity index (χ1) is 11.2. The quantitative estimate of drug-likeness (QED) is 0.858. The normalized spacial score (nSPS) is 18.2. The Morgan fingerprint density at radius 2 is 2.09 bits per heavy atom. The van der Waals surface area contributed by atoms with Crippen molar-refractivity contribution in [3.05, 3.63) is 47.7 Å². The third-order valence-corrected chi connectivity index (χ3v) is 4.35. The van der Waals surface area contributed by atoms with Gasteiger partial charge in [0.25, 0.3) is 0 Å². The largest absolute Gasteiger partial charge is 0.370 e. The summed E-state index contributed by atoms with van der Waals surface area (Å²) in [4.78, 5) is 10.9. The molecule has 1 atom stereocenters. The molecule has 0 unspecified atom stereocenters. The van der Waals surface area contributed by atoms with Crippen LogP contribution < -0.4 is 11.1 Å². The smallest absolute Gasteiger partial charge is 0.222 e. The molecule has 5 heteroatoms. The van der Waals surface area contributed by atoms with Gasteiger partial charge in [-0.1, -0.05) is 30.3 Å². The highest BCUT2D eigenvalue weighted by molar-refractivity contribution is 5.40. The van der Waals surface area contributed by atoms with Gasteiger partial charge in [0.1, 0.15) is 5.82 Å². The highest BCUT2D eigenvalue weighted by Crippen LogP contribution is 2.21. The Morgan fingerprint density at radius 1 is 1.26 bits per heavy atom. The Bertz CT molecular complexity index is 608. The van der Waals surface area contributed by atoms with E-state index >= 15 is 0 Å². The molecule has 0 radical (unpaired) electrons. The maximum atomic E-state index is 5.68. The fraction of sp³-hybridized carbons (Fsp3) is 0.444. The first-order valence-corrected chi connectivity index (χ1v) is 8.30. The fourth-order valence-electron chi connectivity index (χ4n) is 3.22. The minimum absolute atomic E-state index is 0.336. The van der Waals surface area contributed by atoms with E-state index in [1.54, 1.807) is 0 Å². The highest BCUT2D eigenvalue weighted by Gasteiger charge is 2.21. The van der Waals surface area contributed by atoms with E-state index in [0.717, 1.165) is 36.9 Å². The number of benzene rings is 1. The van der Waals surface area contributed by atoms with Crippen molar-refractivity contribution in [1.29, 1.82) is 0 Å². The first kappa shape index (κ1) is 15.7. The average Bonchev–Trinajstić information content (AvgIpc) is 2.95. The zero-order chi connectivity index (χ0) is 16.1. The van der Waals surface area contributed by atoms with Crippen LogP contribution in [0.15, 0.2) is 36.4 Å². The van der Waals surface area contributed by atoms with Crippen LogP contribution in [0.3, 0.4) is 0 Å². The topological polar surface area (TPSA) is 67.1 Å². The van der Waals surface area contributed by atoms with Gasteiger partial charge in [0.15, 0.2) is 0 Å². The molecule has 2 aromatic rings. The minimum Gasteiger partial charge on any atom is -0.370 e. The van der Waals surface area contributed by atoms with Crippen molar-refractivity contribution in [3.63, 3.8) is 0 Å². The van der Waals surface area contributed by atoms with Gasteiger partial charge >= 0.3 is 0 Å². The number of nitrogen functional groups attached to an aromatic ring is 1. The first-order valence-electron chi connectivity index (χ1n) is 8.30. The summed E-state index contributed by atoms with van der Waals surface area (Å²) < 4.78 is 0. The zero-order valence-electron chi connectivity index (χ0n) is 13.7. The molecule has 1 aliphatic heterocycles. The summed E-state index contributed by atoms with van der Waals surface area (Å²) >= 11 is 0. The molecule has 3 N–H and O–H groups in total. The van der Waals surface area contributed by atoms with E-state index in [2.05, 4.69) is 50.5 Å². The summed E-state index contributed by atoms with van der Waals surface area (Å²) in [5.74, 6) is 1.92. The van der Waals surface area contributed by atoms with Crippen LogP contribution in [0, 0.1) is 12.8 Å². The van der Waals surface area contributed by atoms with Crippen LogP contribution in [0.1, 0.15) is 24.1 Å². The van der Waals surface area contributed by atoms with E-state index < -0.39 is 0 Å². The van der Waals surface area contributed by atoms with E-state index in [1.807, 2.05) is 13.0 Å². The Kier molecular flexibility index (Phi) is 5.08. The molecule has 1 aromatic heterocycles. The Balaban J connectivity index is 1.42. The number of nitrogens with zero attached hydrogens (tertiary/aromatic N) is 3. The lowest BCUT2D eigenvalue weighted by atomic mass is 10.1. The van der Waals surface area contributed by atoms with Gasteiger partial charge in [0.05, 0.1) is 0 Å². The summed E-state index contributed by atoms with van der Waals surface area (Å²) in [5, 5.41) is 3.37. The predicted molar refractivity (Wildman–Crippen MR) is 94.1 cm³/mol. The molecule has 1 fully saturated rings. The Labute approximate surface area is 137 Å². The second kappa shape index (κ2) is 7.42. The van der Waals surface area contributed by atoms with Crippen molar-refractivity contribution < 1.29 is 0 Å². The number of hydrogen-bond acceptors (Lipinski definition) is 5. The van der Waals surface area contributed by atoms with Gasteiger partial charge in [-0.25, -0.2) is 4.98 Å². The number of nitrogens with two attached hydrogens (primary N) is 1. The van der Waals surface area contributed by atoms with Crippen LogP contribution in [0.5, 0.6) is 0 Å². The van der Waals surface area contributed by atoms with Gasteiger partial charge in [-0.2, -0.15) is 4.98 Å². The van der Waals surface area contributed by atoms with Crippen molar-refractivity contribution in [3.8, 4) is 0 Å².